The average Bonchev–Trinajstić information content (AvgIpc) is 3.17. The quantitative estimate of drug-likeness (QED) is 0.249. The van der Waals surface area contributed by atoms with Crippen LogP contribution >= 0.6 is 0 Å². The molecular formula is C27H23NO7. The fourth-order valence-electron chi connectivity index (χ4n) is 4.09. The number of esters is 1. The Kier molecular flexibility index (Phi) is 6.55. The normalized spacial score (nSPS) is 16.8. The van der Waals surface area contributed by atoms with Crippen LogP contribution in [0.4, 0.5) is 5.69 Å². The van der Waals surface area contributed by atoms with Crippen molar-refractivity contribution >= 4 is 29.1 Å². The van der Waals surface area contributed by atoms with Crippen molar-refractivity contribution in [3.05, 3.63) is 95.1 Å². The number of hydrogen-bond acceptors (Lipinski definition) is 7. The number of aliphatic hydroxyl groups is 1. The van der Waals surface area contributed by atoms with Gasteiger partial charge in [-0.1, -0.05) is 24.3 Å². The summed E-state index contributed by atoms with van der Waals surface area (Å²) in [6.07, 6.45) is 0. The van der Waals surface area contributed by atoms with E-state index < -0.39 is 23.7 Å². The molecule has 3 aromatic carbocycles. The fraction of sp³-hybridized carbons (Fsp3) is 0.148. The van der Waals surface area contributed by atoms with Crippen molar-refractivity contribution in [2.45, 2.75) is 6.04 Å². The summed E-state index contributed by atoms with van der Waals surface area (Å²) < 4.78 is 15.5. The van der Waals surface area contributed by atoms with Crippen LogP contribution in [-0.4, -0.2) is 44.1 Å². The number of anilines is 1. The molecule has 178 valence electrons. The van der Waals surface area contributed by atoms with Crippen molar-refractivity contribution in [1.29, 1.82) is 0 Å². The molecule has 1 heterocycles. The van der Waals surface area contributed by atoms with E-state index in [2.05, 4.69) is 0 Å². The molecule has 1 unspecified atom stereocenters. The molecule has 0 aromatic heterocycles. The average molecular weight is 473 g/mol. The second kappa shape index (κ2) is 9.72. The maximum Gasteiger partial charge on any atom is 0.337 e. The summed E-state index contributed by atoms with van der Waals surface area (Å²) in [5.41, 5.74) is 1.23. The van der Waals surface area contributed by atoms with Crippen LogP contribution in [0, 0.1) is 0 Å². The minimum Gasteiger partial charge on any atom is -0.507 e. The topological polar surface area (TPSA) is 102 Å². The van der Waals surface area contributed by atoms with E-state index in [0.29, 0.717) is 28.3 Å². The van der Waals surface area contributed by atoms with Gasteiger partial charge in [0.15, 0.2) is 0 Å². The zero-order valence-corrected chi connectivity index (χ0v) is 19.3. The van der Waals surface area contributed by atoms with Crippen molar-refractivity contribution < 1.29 is 33.7 Å². The summed E-state index contributed by atoms with van der Waals surface area (Å²) >= 11 is 0. The molecule has 1 amide bonds. The number of benzene rings is 3. The Morgan fingerprint density at radius 2 is 1.57 bits per heavy atom. The first-order valence-electron chi connectivity index (χ1n) is 10.7. The number of amides is 1. The first kappa shape index (κ1) is 23.6. The van der Waals surface area contributed by atoms with E-state index in [1.165, 1.54) is 32.3 Å². The molecule has 0 saturated carbocycles. The van der Waals surface area contributed by atoms with E-state index in [0.717, 1.165) is 0 Å². The van der Waals surface area contributed by atoms with Crippen LogP contribution in [0.2, 0.25) is 0 Å². The fourth-order valence-corrected chi connectivity index (χ4v) is 4.09. The number of nitrogens with zero attached hydrogens (tertiary/aromatic N) is 1. The molecule has 35 heavy (non-hydrogen) atoms. The molecule has 1 aliphatic rings. The van der Waals surface area contributed by atoms with Gasteiger partial charge < -0.3 is 19.3 Å². The molecule has 8 nitrogen and oxygen atoms in total. The Labute approximate surface area is 202 Å². The van der Waals surface area contributed by atoms with Gasteiger partial charge in [0.25, 0.3) is 11.7 Å². The van der Waals surface area contributed by atoms with Crippen molar-refractivity contribution in [2.75, 3.05) is 26.2 Å². The van der Waals surface area contributed by atoms with Gasteiger partial charge in [0.2, 0.25) is 0 Å². The maximum atomic E-state index is 13.3. The molecule has 3 aromatic rings. The van der Waals surface area contributed by atoms with Crippen molar-refractivity contribution in [2.24, 2.45) is 0 Å². The number of hydrogen-bond donors (Lipinski definition) is 1. The number of para-hydroxylation sites is 1. The predicted molar refractivity (Wildman–Crippen MR) is 129 cm³/mol. The van der Waals surface area contributed by atoms with Crippen LogP contribution in [0.15, 0.2) is 78.4 Å². The molecule has 0 bridgehead atoms. The van der Waals surface area contributed by atoms with Crippen LogP contribution in [0.1, 0.15) is 27.5 Å². The van der Waals surface area contributed by atoms with Gasteiger partial charge in [0.1, 0.15) is 17.3 Å². The summed E-state index contributed by atoms with van der Waals surface area (Å²) in [7, 11) is 4.25. The summed E-state index contributed by atoms with van der Waals surface area (Å²) in [5, 5.41) is 11.2. The zero-order chi connectivity index (χ0) is 25.1. The Morgan fingerprint density at radius 1 is 0.857 bits per heavy atom. The zero-order valence-electron chi connectivity index (χ0n) is 19.3. The number of ether oxygens (including phenoxy) is 3. The summed E-state index contributed by atoms with van der Waals surface area (Å²) in [6.45, 7) is 0. The number of Topliss-reactive ketones (excluding diaryl/α,β-unsaturated/α-hetero) is 1. The van der Waals surface area contributed by atoms with Crippen LogP contribution in [0.5, 0.6) is 11.5 Å². The molecular weight excluding hydrogens is 450 g/mol. The van der Waals surface area contributed by atoms with E-state index in [9.17, 15) is 19.5 Å². The molecule has 1 N–H and O–H groups in total. The summed E-state index contributed by atoms with van der Waals surface area (Å²) in [4.78, 5) is 40.0. The highest BCUT2D eigenvalue weighted by Gasteiger charge is 2.48. The Hall–Kier alpha value is -4.59. The third-order valence-corrected chi connectivity index (χ3v) is 5.79. The van der Waals surface area contributed by atoms with Gasteiger partial charge in [0.05, 0.1) is 38.5 Å². The standard InChI is InChI=1S/C27H23NO7/c1-33-19-13-11-16(12-14-19)24(29)22-23(20-9-4-5-10-21(20)34-2)28(26(31)25(22)30)18-8-6-7-17(15-18)27(32)35-3/h4-15,23,29H,1-3H3/b24-22+. The smallest absolute Gasteiger partial charge is 0.337 e. The Balaban J connectivity index is 1.95. The van der Waals surface area contributed by atoms with E-state index >= 15 is 0 Å². The molecule has 1 fully saturated rings. The third-order valence-electron chi connectivity index (χ3n) is 5.79. The third kappa shape index (κ3) is 4.21. The number of aliphatic hydroxyl groups excluding tert-OH is 1. The highest BCUT2D eigenvalue weighted by molar-refractivity contribution is 6.51. The molecule has 0 spiro atoms. The number of ketones is 1. The largest absolute Gasteiger partial charge is 0.507 e. The Morgan fingerprint density at radius 3 is 2.23 bits per heavy atom. The SMILES string of the molecule is COC(=O)c1cccc(N2C(=O)C(=O)/C(=C(/O)c3ccc(OC)cc3)C2c2ccccc2OC)c1. The first-order chi connectivity index (χ1) is 16.9. The molecule has 8 heteroatoms. The predicted octanol–water partition coefficient (Wildman–Crippen LogP) is 4.12. The van der Waals surface area contributed by atoms with Gasteiger partial charge in [0, 0.05) is 16.8 Å². The first-order valence-corrected chi connectivity index (χ1v) is 10.7. The van der Waals surface area contributed by atoms with Crippen LogP contribution in [0.25, 0.3) is 5.76 Å². The lowest BCUT2D eigenvalue weighted by Crippen LogP contribution is -2.29. The van der Waals surface area contributed by atoms with E-state index in [4.69, 9.17) is 14.2 Å². The van der Waals surface area contributed by atoms with Crippen molar-refractivity contribution in [3.8, 4) is 11.5 Å². The van der Waals surface area contributed by atoms with Crippen LogP contribution < -0.4 is 14.4 Å². The minimum atomic E-state index is -1.01. The summed E-state index contributed by atoms with van der Waals surface area (Å²) in [5.74, 6) is -1.64. The second-order valence-electron chi connectivity index (χ2n) is 7.68. The van der Waals surface area contributed by atoms with Crippen LogP contribution in [0.3, 0.4) is 0 Å². The monoisotopic (exact) mass is 473 g/mol. The highest BCUT2D eigenvalue weighted by atomic mass is 16.5. The number of carbonyl (C=O) groups is 3. The van der Waals surface area contributed by atoms with Gasteiger partial charge >= 0.3 is 5.97 Å². The lowest BCUT2D eigenvalue weighted by atomic mass is 9.94. The van der Waals surface area contributed by atoms with E-state index in [1.807, 2.05) is 0 Å². The molecule has 1 atom stereocenters. The van der Waals surface area contributed by atoms with Crippen molar-refractivity contribution in [1.82, 2.24) is 0 Å². The lowest BCUT2D eigenvalue weighted by Gasteiger charge is -2.27. The molecule has 1 saturated heterocycles. The Bertz CT molecular complexity index is 1330. The lowest BCUT2D eigenvalue weighted by molar-refractivity contribution is -0.132. The molecule has 0 aliphatic carbocycles. The van der Waals surface area contributed by atoms with E-state index in [1.54, 1.807) is 66.7 Å². The van der Waals surface area contributed by atoms with E-state index in [-0.39, 0.29) is 16.9 Å². The van der Waals surface area contributed by atoms with Gasteiger partial charge in [-0.15, -0.1) is 0 Å². The van der Waals surface area contributed by atoms with Crippen molar-refractivity contribution in [3.63, 3.8) is 0 Å². The van der Waals surface area contributed by atoms with Gasteiger partial charge in [-0.3, -0.25) is 14.5 Å². The van der Waals surface area contributed by atoms with Gasteiger partial charge in [-0.2, -0.15) is 0 Å². The number of rotatable bonds is 6. The van der Waals surface area contributed by atoms with Crippen LogP contribution in [-0.2, 0) is 14.3 Å². The van der Waals surface area contributed by atoms with Gasteiger partial charge in [-0.05, 0) is 48.5 Å². The van der Waals surface area contributed by atoms with Gasteiger partial charge in [-0.25, -0.2) is 4.79 Å². The summed E-state index contributed by atoms with van der Waals surface area (Å²) in [6, 6.07) is 18.6. The molecule has 1 aliphatic heterocycles. The molecule has 0 radical (unpaired) electrons. The maximum absolute atomic E-state index is 13.3. The highest BCUT2D eigenvalue weighted by Crippen LogP contribution is 2.45. The number of methoxy groups -OCH3 is 3. The number of carbonyl (C=O) groups excluding carboxylic acids is 3. The minimum absolute atomic E-state index is 0.104. The second-order valence-corrected chi connectivity index (χ2v) is 7.68. The molecule has 4 rings (SSSR count).